The van der Waals surface area contributed by atoms with Gasteiger partial charge in [0.1, 0.15) is 0 Å². The highest BCUT2D eigenvalue weighted by Gasteiger charge is 2.04. The van der Waals surface area contributed by atoms with Crippen LogP contribution in [0.3, 0.4) is 0 Å². The van der Waals surface area contributed by atoms with E-state index in [-0.39, 0.29) is 5.91 Å². The zero-order valence-corrected chi connectivity index (χ0v) is 11.0. The maximum Gasteiger partial charge on any atom is 0.224 e. The zero-order chi connectivity index (χ0) is 10.6. The monoisotopic (exact) mass is 319 g/mol. The number of benzene rings is 1. The second-order valence-electron chi connectivity index (χ2n) is 2.92. The number of anilines is 1. The average molecular weight is 321 g/mol. The van der Waals surface area contributed by atoms with Gasteiger partial charge >= 0.3 is 0 Å². The third kappa shape index (κ3) is 3.42. The Kier molecular flexibility index (Phi) is 4.62. The second-order valence-corrected chi connectivity index (χ2v) is 4.69. The van der Waals surface area contributed by atoms with Crippen molar-refractivity contribution < 1.29 is 4.79 Å². The molecule has 2 nitrogen and oxygen atoms in total. The first-order chi connectivity index (χ1) is 6.63. The lowest BCUT2D eigenvalue weighted by Crippen LogP contribution is -2.10. The predicted molar refractivity (Wildman–Crippen MR) is 65.4 cm³/mol. The van der Waals surface area contributed by atoms with Crippen LogP contribution >= 0.6 is 31.9 Å². The average Bonchev–Trinajstić information content (AvgIpc) is 2.10. The van der Waals surface area contributed by atoms with Gasteiger partial charge in [-0.05, 0) is 40.5 Å². The second kappa shape index (κ2) is 5.51. The van der Waals surface area contributed by atoms with E-state index < -0.39 is 0 Å². The molecule has 0 fully saturated rings. The molecule has 0 saturated carbocycles. The van der Waals surface area contributed by atoms with Crippen molar-refractivity contribution in [3.8, 4) is 0 Å². The number of nitrogens with one attached hydrogen (secondary N) is 1. The van der Waals surface area contributed by atoms with Crippen LogP contribution in [0.4, 0.5) is 5.69 Å². The van der Waals surface area contributed by atoms with E-state index in [4.69, 9.17) is 0 Å². The number of carbonyl (C=O) groups excluding carboxylic acids is 1. The molecular weight excluding hydrogens is 310 g/mol. The molecular formula is C10H11Br2NO. The van der Waals surface area contributed by atoms with Crippen molar-refractivity contribution in [3.63, 3.8) is 0 Å². The maximum atomic E-state index is 11.3. The Bertz CT molecular complexity index is 339. The minimum absolute atomic E-state index is 0.0514. The summed E-state index contributed by atoms with van der Waals surface area (Å²) in [5.41, 5.74) is 0.812. The van der Waals surface area contributed by atoms with Gasteiger partial charge in [-0.25, -0.2) is 0 Å². The van der Waals surface area contributed by atoms with Crippen LogP contribution in [-0.4, -0.2) is 5.91 Å². The van der Waals surface area contributed by atoms with Crippen molar-refractivity contribution in [2.45, 2.75) is 19.8 Å². The first-order valence-corrected chi connectivity index (χ1v) is 5.97. The highest BCUT2D eigenvalue weighted by atomic mass is 79.9. The zero-order valence-electron chi connectivity index (χ0n) is 7.81. The molecule has 76 valence electrons. The third-order valence-corrected chi connectivity index (χ3v) is 2.83. The van der Waals surface area contributed by atoms with Gasteiger partial charge in [-0.3, -0.25) is 4.79 Å². The predicted octanol–water partition coefficient (Wildman–Crippen LogP) is 3.95. The van der Waals surface area contributed by atoms with Gasteiger partial charge in [0.2, 0.25) is 5.91 Å². The number of amides is 1. The number of rotatable bonds is 3. The Morgan fingerprint density at radius 2 is 2.14 bits per heavy atom. The Balaban J connectivity index is 2.72. The van der Waals surface area contributed by atoms with E-state index in [0.29, 0.717) is 6.42 Å². The van der Waals surface area contributed by atoms with Crippen molar-refractivity contribution in [1.29, 1.82) is 0 Å². The molecule has 0 radical (unpaired) electrons. The summed E-state index contributed by atoms with van der Waals surface area (Å²) in [6, 6.07) is 5.66. The summed E-state index contributed by atoms with van der Waals surface area (Å²) in [7, 11) is 0. The number of carbonyl (C=O) groups is 1. The van der Waals surface area contributed by atoms with Crippen molar-refractivity contribution in [2.75, 3.05) is 5.32 Å². The number of hydrogen-bond donors (Lipinski definition) is 1. The lowest BCUT2D eigenvalue weighted by Gasteiger charge is -2.06. The van der Waals surface area contributed by atoms with E-state index >= 15 is 0 Å². The largest absolute Gasteiger partial charge is 0.325 e. The molecule has 1 N–H and O–H groups in total. The number of hydrogen-bond acceptors (Lipinski definition) is 1. The van der Waals surface area contributed by atoms with Gasteiger partial charge in [0.15, 0.2) is 0 Å². The van der Waals surface area contributed by atoms with Gasteiger partial charge in [-0.15, -0.1) is 0 Å². The Labute approximate surface area is 100 Å². The van der Waals surface area contributed by atoms with Gasteiger partial charge in [-0.2, -0.15) is 0 Å². The topological polar surface area (TPSA) is 29.1 Å². The molecule has 0 heterocycles. The van der Waals surface area contributed by atoms with Crippen molar-refractivity contribution in [1.82, 2.24) is 0 Å². The van der Waals surface area contributed by atoms with Gasteiger partial charge in [0, 0.05) is 15.4 Å². The van der Waals surface area contributed by atoms with Crippen LogP contribution in [0.25, 0.3) is 0 Å². The minimum atomic E-state index is 0.0514. The quantitative estimate of drug-likeness (QED) is 0.897. The van der Waals surface area contributed by atoms with Crippen molar-refractivity contribution in [3.05, 3.63) is 27.1 Å². The molecule has 0 unspecified atom stereocenters. The van der Waals surface area contributed by atoms with Crippen LogP contribution < -0.4 is 5.32 Å². The number of halogens is 2. The fraction of sp³-hybridized carbons (Fsp3) is 0.300. The summed E-state index contributed by atoms with van der Waals surface area (Å²) in [5, 5.41) is 2.83. The van der Waals surface area contributed by atoms with Gasteiger partial charge < -0.3 is 5.32 Å². The van der Waals surface area contributed by atoms with Crippen LogP contribution in [0.2, 0.25) is 0 Å². The fourth-order valence-corrected chi connectivity index (χ4v) is 2.18. The molecule has 0 spiro atoms. The molecule has 14 heavy (non-hydrogen) atoms. The fourth-order valence-electron chi connectivity index (χ4n) is 1.03. The van der Waals surface area contributed by atoms with Crippen LogP contribution in [0.15, 0.2) is 27.1 Å². The van der Waals surface area contributed by atoms with Gasteiger partial charge in [-0.1, -0.05) is 22.9 Å². The summed E-state index contributed by atoms with van der Waals surface area (Å²) < 4.78 is 1.87. The van der Waals surface area contributed by atoms with E-state index in [9.17, 15) is 4.79 Å². The SMILES string of the molecule is CCCC(=O)Nc1ccc(Br)cc1Br. The molecule has 4 heteroatoms. The van der Waals surface area contributed by atoms with Crippen molar-refractivity contribution >= 4 is 43.5 Å². The lowest BCUT2D eigenvalue weighted by atomic mass is 10.3. The van der Waals surface area contributed by atoms with Gasteiger partial charge in [0.25, 0.3) is 0 Å². The lowest BCUT2D eigenvalue weighted by molar-refractivity contribution is -0.116. The molecule has 1 rings (SSSR count). The molecule has 0 bridgehead atoms. The smallest absolute Gasteiger partial charge is 0.224 e. The minimum Gasteiger partial charge on any atom is -0.325 e. The van der Waals surface area contributed by atoms with Crippen LogP contribution in [0.5, 0.6) is 0 Å². The van der Waals surface area contributed by atoms with Crippen LogP contribution in [-0.2, 0) is 4.79 Å². The highest BCUT2D eigenvalue weighted by molar-refractivity contribution is 9.11. The molecule has 0 saturated heterocycles. The Hall–Kier alpha value is -0.350. The molecule has 0 aliphatic rings. The summed E-state index contributed by atoms with van der Waals surface area (Å²) in [4.78, 5) is 11.3. The van der Waals surface area contributed by atoms with E-state index in [0.717, 1.165) is 21.1 Å². The van der Waals surface area contributed by atoms with E-state index in [1.807, 2.05) is 25.1 Å². The van der Waals surface area contributed by atoms with Crippen LogP contribution in [0.1, 0.15) is 19.8 Å². The standard InChI is InChI=1S/C10H11Br2NO/c1-2-3-10(14)13-9-5-4-7(11)6-8(9)12/h4-6H,2-3H2,1H3,(H,13,14). The van der Waals surface area contributed by atoms with E-state index in [1.165, 1.54) is 0 Å². The summed E-state index contributed by atoms with van der Waals surface area (Å²) in [6.45, 7) is 1.98. The summed E-state index contributed by atoms with van der Waals surface area (Å²) in [6.07, 6.45) is 1.42. The van der Waals surface area contributed by atoms with E-state index in [2.05, 4.69) is 37.2 Å². The van der Waals surface area contributed by atoms with Gasteiger partial charge in [0.05, 0.1) is 5.69 Å². The molecule has 1 aromatic carbocycles. The normalized spacial score (nSPS) is 9.93. The molecule has 0 atom stereocenters. The third-order valence-electron chi connectivity index (χ3n) is 1.68. The summed E-state index contributed by atoms with van der Waals surface area (Å²) >= 11 is 6.73. The molecule has 0 aliphatic carbocycles. The molecule has 1 aromatic rings. The van der Waals surface area contributed by atoms with Crippen LogP contribution in [0, 0.1) is 0 Å². The molecule has 1 amide bonds. The molecule has 0 aromatic heterocycles. The first-order valence-electron chi connectivity index (χ1n) is 4.38. The Morgan fingerprint density at radius 3 is 2.71 bits per heavy atom. The highest BCUT2D eigenvalue weighted by Crippen LogP contribution is 2.26. The van der Waals surface area contributed by atoms with E-state index in [1.54, 1.807) is 0 Å². The first kappa shape index (κ1) is 11.7. The maximum absolute atomic E-state index is 11.3. The Morgan fingerprint density at radius 1 is 1.43 bits per heavy atom. The summed E-state index contributed by atoms with van der Waals surface area (Å²) in [5.74, 6) is 0.0514. The van der Waals surface area contributed by atoms with Crippen molar-refractivity contribution in [2.24, 2.45) is 0 Å². The molecule has 0 aliphatic heterocycles.